The number of fused-ring (bicyclic) bond motifs is 2. The summed E-state index contributed by atoms with van der Waals surface area (Å²) in [6.45, 7) is 17.3. The van der Waals surface area contributed by atoms with Gasteiger partial charge in [0.2, 0.25) is 0 Å². The first-order valence-corrected chi connectivity index (χ1v) is 9.28. The van der Waals surface area contributed by atoms with Gasteiger partial charge in [-0.1, -0.05) is 41.5 Å². The van der Waals surface area contributed by atoms with Gasteiger partial charge in [-0.2, -0.15) is 0 Å². The van der Waals surface area contributed by atoms with Crippen LogP contribution in [0, 0.1) is 22.7 Å². The molecule has 2 heteroatoms. The highest BCUT2D eigenvalue weighted by Crippen LogP contribution is 2.64. The first-order valence-electron chi connectivity index (χ1n) is 9.28. The molecule has 2 aliphatic carbocycles. The molecule has 1 N–H and O–H groups in total. The van der Waals surface area contributed by atoms with E-state index in [0.717, 1.165) is 17.9 Å². The molecule has 0 aromatic heterocycles. The van der Waals surface area contributed by atoms with Crippen molar-refractivity contribution < 1.29 is 0 Å². The fourth-order valence-corrected chi connectivity index (χ4v) is 6.15. The van der Waals surface area contributed by atoms with Crippen molar-refractivity contribution >= 4 is 0 Å². The van der Waals surface area contributed by atoms with Crippen molar-refractivity contribution in [2.75, 3.05) is 13.1 Å². The molecule has 5 atom stereocenters. The average Bonchev–Trinajstić information content (AvgIpc) is 2.89. The summed E-state index contributed by atoms with van der Waals surface area (Å²) >= 11 is 0. The maximum atomic E-state index is 3.80. The summed E-state index contributed by atoms with van der Waals surface area (Å²) in [5.41, 5.74) is 1.06. The molecule has 0 amide bonds. The number of nitrogens with zero attached hydrogens (tertiary/aromatic N) is 1. The fourth-order valence-electron chi connectivity index (χ4n) is 6.15. The first-order chi connectivity index (χ1) is 9.79. The van der Waals surface area contributed by atoms with Crippen molar-refractivity contribution in [2.45, 2.75) is 85.4 Å². The maximum Gasteiger partial charge on any atom is 0.0247 e. The molecule has 5 unspecified atom stereocenters. The molecule has 122 valence electrons. The van der Waals surface area contributed by atoms with Crippen LogP contribution in [0.15, 0.2) is 0 Å². The lowest BCUT2D eigenvalue weighted by molar-refractivity contribution is -0.0518. The van der Waals surface area contributed by atoms with Crippen molar-refractivity contribution in [3.05, 3.63) is 0 Å². The molecular formula is C19H36N2. The van der Waals surface area contributed by atoms with Gasteiger partial charge < -0.3 is 5.32 Å². The molecule has 2 saturated carbocycles. The van der Waals surface area contributed by atoms with Gasteiger partial charge in [0.25, 0.3) is 0 Å². The third-order valence-corrected chi connectivity index (χ3v) is 7.26. The molecule has 1 heterocycles. The summed E-state index contributed by atoms with van der Waals surface area (Å²) in [6, 6.07) is 2.19. The van der Waals surface area contributed by atoms with Crippen LogP contribution in [0.2, 0.25) is 0 Å². The van der Waals surface area contributed by atoms with E-state index in [4.69, 9.17) is 0 Å². The lowest BCUT2D eigenvalue weighted by Crippen LogP contribution is -2.65. The minimum atomic E-state index is 0.496. The molecular weight excluding hydrogens is 256 g/mol. The Morgan fingerprint density at radius 2 is 1.95 bits per heavy atom. The van der Waals surface area contributed by atoms with E-state index in [0.29, 0.717) is 22.9 Å². The monoisotopic (exact) mass is 292 g/mol. The van der Waals surface area contributed by atoms with Crippen molar-refractivity contribution in [3.8, 4) is 0 Å². The van der Waals surface area contributed by atoms with Crippen LogP contribution >= 0.6 is 0 Å². The zero-order valence-electron chi connectivity index (χ0n) is 15.1. The van der Waals surface area contributed by atoms with Crippen LogP contribution in [0.25, 0.3) is 0 Å². The van der Waals surface area contributed by atoms with Crippen LogP contribution in [-0.4, -0.2) is 36.1 Å². The third-order valence-electron chi connectivity index (χ3n) is 7.26. The van der Waals surface area contributed by atoms with E-state index < -0.39 is 0 Å². The Kier molecular flexibility index (Phi) is 3.94. The standard InChI is InChI=1S/C19H36N2/c1-7-15-12-21(16(11-20-15)13(2)3)17-18(4,5)14-8-9-19(17,6)10-14/h13-17,20H,7-12H2,1-6H3. The van der Waals surface area contributed by atoms with E-state index in [-0.39, 0.29) is 0 Å². The Morgan fingerprint density at radius 3 is 2.48 bits per heavy atom. The van der Waals surface area contributed by atoms with Gasteiger partial charge in [0.1, 0.15) is 0 Å². The van der Waals surface area contributed by atoms with Crippen molar-refractivity contribution in [3.63, 3.8) is 0 Å². The molecule has 3 rings (SSSR count). The molecule has 3 aliphatic rings. The van der Waals surface area contributed by atoms with Crippen molar-refractivity contribution in [2.24, 2.45) is 22.7 Å². The highest BCUT2D eigenvalue weighted by Gasteiger charge is 2.62. The highest BCUT2D eigenvalue weighted by atomic mass is 15.3. The van der Waals surface area contributed by atoms with Gasteiger partial charge in [0.15, 0.2) is 0 Å². The average molecular weight is 293 g/mol. The number of hydrogen-bond donors (Lipinski definition) is 1. The van der Waals surface area contributed by atoms with Crippen molar-refractivity contribution in [1.29, 1.82) is 0 Å². The summed E-state index contributed by atoms with van der Waals surface area (Å²) in [7, 11) is 0. The molecule has 3 fully saturated rings. The largest absolute Gasteiger partial charge is 0.311 e. The summed E-state index contributed by atoms with van der Waals surface area (Å²) in [5, 5.41) is 3.80. The molecule has 1 aliphatic heterocycles. The SMILES string of the molecule is CCC1CN(C2C3(C)CCC(C3)C2(C)C)C(C(C)C)CN1. The Morgan fingerprint density at radius 1 is 1.24 bits per heavy atom. The van der Waals surface area contributed by atoms with Crippen LogP contribution < -0.4 is 5.32 Å². The van der Waals surface area contributed by atoms with Gasteiger partial charge in [0, 0.05) is 31.2 Å². The molecule has 2 nitrogen and oxygen atoms in total. The zero-order valence-corrected chi connectivity index (χ0v) is 15.1. The lowest BCUT2D eigenvalue weighted by Gasteiger charge is -2.55. The molecule has 0 spiro atoms. The summed E-state index contributed by atoms with van der Waals surface area (Å²) < 4.78 is 0. The first kappa shape index (κ1) is 15.8. The number of rotatable bonds is 3. The smallest absolute Gasteiger partial charge is 0.0247 e. The van der Waals surface area contributed by atoms with Gasteiger partial charge in [-0.25, -0.2) is 0 Å². The Labute approximate surface area is 132 Å². The van der Waals surface area contributed by atoms with E-state index >= 15 is 0 Å². The van der Waals surface area contributed by atoms with Crippen LogP contribution in [-0.2, 0) is 0 Å². The second-order valence-electron chi connectivity index (χ2n) is 9.34. The minimum Gasteiger partial charge on any atom is -0.311 e. The van der Waals surface area contributed by atoms with Gasteiger partial charge >= 0.3 is 0 Å². The molecule has 0 aromatic rings. The predicted molar refractivity (Wildman–Crippen MR) is 90.4 cm³/mol. The van der Waals surface area contributed by atoms with Gasteiger partial charge in [-0.15, -0.1) is 0 Å². The van der Waals surface area contributed by atoms with Crippen LogP contribution in [0.3, 0.4) is 0 Å². The minimum absolute atomic E-state index is 0.496. The van der Waals surface area contributed by atoms with Crippen LogP contribution in [0.5, 0.6) is 0 Å². The second-order valence-corrected chi connectivity index (χ2v) is 9.34. The van der Waals surface area contributed by atoms with E-state index in [2.05, 4.69) is 51.8 Å². The van der Waals surface area contributed by atoms with Gasteiger partial charge in [-0.05, 0) is 48.3 Å². The van der Waals surface area contributed by atoms with Gasteiger partial charge in [-0.3, -0.25) is 4.90 Å². The third kappa shape index (κ3) is 2.37. The van der Waals surface area contributed by atoms with E-state index in [1.807, 2.05) is 0 Å². The molecule has 0 radical (unpaired) electrons. The summed E-state index contributed by atoms with van der Waals surface area (Å²) in [6.07, 6.45) is 5.65. The molecule has 2 bridgehead atoms. The normalized spacial score (nSPS) is 46.4. The maximum absolute atomic E-state index is 3.80. The second kappa shape index (κ2) is 5.23. The van der Waals surface area contributed by atoms with Gasteiger partial charge in [0.05, 0.1) is 0 Å². The van der Waals surface area contributed by atoms with Crippen molar-refractivity contribution in [1.82, 2.24) is 10.2 Å². The molecule has 0 aromatic carbocycles. The lowest BCUT2D eigenvalue weighted by atomic mass is 9.66. The van der Waals surface area contributed by atoms with E-state index in [1.165, 1.54) is 38.8 Å². The highest BCUT2D eigenvalue weighted by molar-refractivity contribution is 5.14. The van der Waals surface area contributed by atoms with Crippen LogP contribution in [0.1, 0.15) is 67.2 Å². The zero-order chi connectivity index (χ0) is 15.4. The van der Waals surface area contributed by atoms with E-state index in [9.17, 15) is 0 Å². The predicted octanol–water partition coefficient (Wildman–Crippen LogP) is 3.91. The molecule has 21 heavy (non-hydrogen) atoms. The van der Waals surface area contributed by atoms with E-state index in [1.54, 1.807) is 0 Å². The number of piperazine rings is 1. The van der Waals surface area contributed by atoms with Crippen LogP contribution in [0.4, 0.5) is 0 Å². The summed E-state index contributed by atoms with van der Waals surface area (Å²) in [4.78, 5) is 2.95. The number of nitrogens with one attached hydrogen (secondary N) is 1. The molecule has 1 saturated heterocycles. The topological polar surface area (TPSA) is 15.3 Å². The Hall–Kier alpha value is -0.0800. The summed E-state index contributed by atoms with van der Waals surface area (Å²) in [5.74, 6) is 1.70. The number of hydrogen-bond acceptors (Lipinski definition) is 2. The fraction of sp³-hybridized carbons (Fsp3) is 1.00. The Balaban J connectivity index is 1.91. The quantitative estimate of drug-likeness (QED) is 0.848. The Bertz CT molecular complexity index is 384.